The number of rotatable bonds is 5. The molecule has 16 heavy (non-hydrogen) atoms. The Morgan fingerprint density at radius 1 is 1.31 bits per heavy atom. The molecule has 0 aliphatic carbocycles. The van der Waals surface area contributed by atoms with E-state index in [1.807, 2.05) is 20.8 Å². The van der Waals surface area contributed by atoms with Crippen molar-refractivity contribution < 1.29 is 19.1 Å². The van der Waals surface area contributed by atoms with Gasteiger partial charge in [-0.15, -0.1) is 11.8 Å². The first-order valence-electron chi connectivity index (χ1n) is 5.26. The minimum atomic E-state index is -0.490. The molecule has 0 radical (unpaired) electrons. The Morgan fingerprint density at radius 3 is 2.31 bits per heavy atom. The summed E-state index contributed by atoms with van der Waals surface area (Å²) >= 11 is 1.22. The van der Waals surface area contributed by atoms with E-state index in [2.05, 4.69) is 0 Å². The highest BCUT2D eigenvalue weighted by molar-refractivity contribution is 8.01. The third-order valence-corrected chi connectivity index (χ3v) is 2.59. The van der Waals surface area contributed by atoms with Crippen molar-refractivity contribution in [3.63, 3.8) is 0 Å². The molecule has 0 aromatic heterocycles. The summed E-state index contributed by atoms with van der Waals surface area (Å²) in [4.78, 5) is 22.6. The summed E-state index contributed by atoms with van der Waals surface area (Å²) in [5.74, 6) is -0.432. The van der Waals surface area contributed by atoms with Crippen molar-refractivity contribution in [2.45, 2.75) is 45.5 Å². The van der Waals surface area contributed by atoms with Gasteiger partial charge in [-0.3, -0.25) is 9.59 Å². The predicted octanol–water partition coefficient (Wildman–Crippen LogP) is 2.01. The summed E-state index contributed by atoms with van der Waals surface area (Å²) in [6, 6.07) is 0. The second-order valence-corrected chi connectivity index (χ2v) is 5.62. The Morgan fingerprint density at radius 2 is 1.88 bits per heavy atom. The SMILES string of the molecule is CCOC(=O)CSC(C)C(=O)OC(C)(C)C. The van der Waals surface area contributed by atoms with Gasteiger partial charge in [0.25, 0.3) is 0 Å². The summed E-state index contributed by atoms with van der Waals surface area (Å²) in [7, 11) is 0. The number of esters is 2. The molecule has 0 aliphatic heterocycles. The van der Waals surface area contributed by atoms with Crippen LogP contribution in [0.15, 0.2) is 0 Å². The summed E-state index contributed by atoms with van der Waals surface area (Å²) in [5, 5.41) is -0.358. The molecule has 0 saturated carbocycles. The summed E-state index contributed by atoms with van der Waals surface area (Å²) in [6.07, 6.45) is 0. The van der Waals surface area contributed by atoms with Crippen LogP contribution in [0.2, 0.25) is 0 Å². The Hall–Kier alpha value is -0.710. The topological polar surface area (TPSA) is 52.6 Å². The van der Waals surface area contributed by atoms with Gasteiger partial charge in [0.1, 0.15) is 10.9 Å². The van der Waals surface area contributed by atoms with E-state index in [-0.39, 0.29) is 22.9 Å². The van der Waals surface area contributed by atoms with Gasteiger partial charge in [0, 0.05) is 0 Å². The molecule has 94 valence electrons. The molecule has 1 atom stereocenters. The zero-order valence-electron chi connectivity index (χ0n) is 10.5. The van der Waals surface area contributed by atoms with Crippen LogP contribution in [-0.4, -0.2) is 35.1 Å². The van der Waals surface area contributed by atoms with E-state index in [1.54, 1.807) is 13.8 Å². The quantitative estimate of drug-likeness (QED) is 0.697. The lowest BCUT2D eigenvalue weighted by Crippen LogP contribution is -2.29. The molecule has 0 saturated heterocycles. The van der Waals surface area contributed by atoms with Crippen LogP contribution >= 0.6 is 11.8 Å². The Bertz CT molecular complexity index is 245. The van der Waals surface area contributed by atoms with E-state index in [0.29, 0.717) is 6.61 Å². The second kappa shape index (κ2) is 6.78. The molecule has 0 amide bonds. The van der Waals surface area contributed by atoms with Crippen molar-refractivity contribution in [1.82, 2.24) is 0 Å². The Labute approximate surface area is 101 Å². The van der Waals surface area contributed by atoms with E-state index in [4.69, 9.17) is 9.47 Å². The smallest absolute Gasteiger partial charge is 0.319 e. The van der Waals surface area contributed by atoms with Crippen molar-refractivity contribution in [3.05, 3.63) is 0 Å². The van der Waals surface area contributed by atoms with Gasteiger partial charge in [-0.2, -0.15) is 0 Å². The van der Waals surface area contributed by atoms with E-state index < -0.39 is 5.60 Å². The molecule has 0 fully saturated rings. The molecule has 0 rings (SSSR count). The first-order chi connectivity index (χ1) is 7.26. The maximum Gasteiger partial charge on any atom is 0.319 e. The number of carbonyl (C=O) groups is 2. The zero-order chi connectivity index (χ0) is 12.8. The van der Waals surface area contributed by atoms with Crippen molar-refractivity contribution in [1.29, 1.82) is 0 Å². The number of carbonyl (C=O) groups excluding carboxylic acids is 2. The fourth-order valence-corrected chi connectivity index (χ4v) is 1.50. The lowest BCUT2D eigenvalue weighted by molar-refractivity contribution is -0.153. The van der Waals surface area contributed by atoms with E-state index in [1.165, 1.54) is 11.8 Å². The molecule has 0 heterocycles. The number of hydrogen-bond acceptors (Lipinski definition) is 5. The lowest BCUT2D eigenvalue weighted by Gasteiger charge is -2.21. The van der Waals surface area contributed by atoms with Crippen LogP contribution in [0.1, 0.15) is 34.6 Å². The highest BCUT2D eigenvalue weighted by Gasteiger charge is 2.22. The van der Waals surface area contributed by atoms with Gasteiger partial charge in [-0.1, -0.05) is 0 Å². The van der Waals surface area contributed by atoms with Crippen molar-refractivity contribution >= 4 is 23.7 Å². The number of ether oxygens (including phenoxy) is 2. The summed E-state index contributed by atoms with van der Waals surface area (Å²) < 4.78 is 9.94. The molecule has 1 unspecified atom stereocenters. The molecular weight excluding hydrogens is 228 g/mol. The van der Waals surface area contributed by atoms with Crippen LogP contribution < -0.4 is 0 Å². The summed E-state index contributed by atoms with van der Waals surface area (Å²) in [6.45, 7) is 9.27. The molecule has 0 N–H and O–H groups in total. The third-order valence-electron chi connectivity index (χ3n) is 1.50. The van der Waals surface area contributed by atoms with Gasteiger partial charge in [0.2, 0.25) is 0 Å². The largest absolute Gasteiger partial charge is 0.465 e. The van der Waals surface area contributed by atoms with Crippen LogP contribution in [0.4, 0.5) is 0 Å². The lowest BCUT2D eigenvalue weighted by atomic mass is 10.2. The molecule has 0 aromatic carbocycles. The predicted molar refractivity (Wildman–Crippen MR) is 64.4 cm³/mol. The third kappa shape index (κ3) is 7.56. The van der Waals surface area contributed by atoms with Crippen LogP contribution in [0.3, 0.4) is 0 Å². The highest BCUT2D eigenvalue weighted by atomic mass is 32.2. The standard InChI is InChI=1S/C11H20O4S/c1-6-14-9(12)7-16-8(2)10(13)15-11(3,4)5/h8H,6-7H2,1-5H3. The first-order valence-corrected chi connectivity index (χ1v) is 6.31. The van der Waals surface area contributed by atoms with Crippen LogP contribution in [-0.2, 0) is 19.1 Å². The van der Waals surface area contributed by atoms with Crippen LogP contribution in [0.5, 0.6) is 0 Å². The maximum absolute atomic E-state index is 11.5. The molecule has 0 aliphatic rings. The van der Waals surface area contributed by atoms with Crippen molar-refractivity contribution in [3.8, 4) is 0 Å². The average Bonchev–Trinajstić information content (AvgIpc) is 2.11. The van der Waals surface area contributed by atoms with Gasteiger partial charge in [-0.25, -0.2) is 0 Å². The number of hydrogen-bond donors (Lipinski definition) is 0. The molecule has 5 heteroatoms. The molecular formula is C11H20O4S. The molecule has 0 aromatic rings. The van der Waals surface area contributed by atoms with E-state index in [9.17, 15) is 9.59 Å². The fourth-order valence-electron chi connectivity index (χ4n) is 0.848. The number of thioether (sulfide) groups is 1. The molecule has 0 spiro atoms. The van der Waals surface area contributed by atoms with Gasteiger partial charge >= 0.3 is 11.9 Å². The van der Waals surface area contributed by atoms with Gasteiger partial charge in [0.05, 0.1) is 12.4 Å². The van der Waals surface area contributed by atoms with Crippen LogP contribution in [0.25, 0.3) is 0 Å². The van der Waals surface area contributed by atoms with Gasteiger partial charge < -0.3 is 9.47 Å². The fraction of sp³-hybridized carbons (Fsp3) is 0.818. The Kier molecular flexibility index (Phi) is 6.48. The van der Waals surface area contributed by atoms with Crippen LogP contribution in [0, 0.1) is 0 Å². The highest BCUT2D eigenvalue weighted by Crippen LogP contribution is 2.16. The Balaban J connectivity index is 3.93. The van der Waals surface area contributed by atoms with Gasteiger partial charge in [-0.05, 0) is 34.6 Å². The minimum absolute atomic E-state index is 0.175. The second-order valence-electron chi connectivity index (χ2n) is 4.29. The monoisotopic (exact) mass is 248 g/mol. The van der Waals surface area contributed by atoms with Crippen molar-refractivity contribution in [2.75, 3.05) is 12.4 Å². The zero-order valence-corrected chi connectivity index (χ0v) is 11.3. The molecule has 0 bridgehead atoms. The van der Waals surface area contributed by atoms with E-state index >= 15 is 0 Å². The van der Waals surface area contributed by atoms with E-state index in [0.717, 1.165) is 0 Å². The molecule has 4 nitrogen and oxygen atoms in total. The summed E-state index contributed by atoms with van der Waals surface area (Å²) in [5.41, 5.74) is -0.490. The minimum Gasteiger partial charge on any atom is -0.465 e. The normalized spacial score (nSPS) is 13.1. The van der Waals surface area contributed by atoms with Gasteiger partial charge in [0.15, 0.2) is 0 Å². The van der Waals surface area contributed by atoms with Crippen molar-refractivity contribution in [2.24, 2.45) is 0 Å². The first kappa shape index (κ1) is 15.3. The maximum atomic E-state index is 11.5. The average molecular weight is 248 g/mol.